The minimum absolute atomic E-state index is 0.118. The van der Waals surface area contributed by atoms with Crippen LogP contribution in [-0.4, -0.2) is 26.4 Å². The lowest BCUT2D eigenvalue weighted by Crippen LogP contribution is -2.42. The van der Waals surface area contributed by atoms with Crippen molar-refractivity contribution in [1.29, 1.82) is 0 Å². The molecule has 1 fully saturated rings. The Morgan fingerprint density at radius 2 is 1.64 bits per heavy atom. The standard InChI is InChI=1S/C22H38Cl2N2OSi/c1-7-28(8-2,9-3)27-20(21-18(23)13-26-14-19(21)24)15-25-12-16-10-17(11-16)22(4,5)6/h13-14,16-17,20,25H,7-12,15H2,1-6H3. The molecular weight excluding hydrogens is 407 g/mol. The number of nitrogens with one attached hydrogen (secondary N) is 1. The number of hydrogen-bond acceptors (Lipinski definition) is 3. The maximum Gasteiger partial charge on any atom is 0.192 e. The molecule has 0 aromatic carbocycles. The van der Waals surface area contributed by atoms with Gasteiger partial charge in [-0.2, -0.15) is 0 Å². The summed E-state index contributed by atoms with van der Waals surface area (Å²) in [5, 5.41) is 4.86. The van der Waals surface area contributed by atoms with Crippen molar-refractivity contribution in [3.8, 4) is 0 Å². The summed E-state index contributed by atoms with van der Waals surface area (Å²) in [5.74, 6) is 1.61. The third kappa shape index (κ3) is 5.95. The fourth-order valence-corrected chi connectivity index (χ4v) is 7.67. The molecule has 0 saturated heterocycles. The van der Waals surface area contributed by atoms with E-state index in [1.54, 1.807) is 12.4 Å². The largest absolute Gasteiger partial charge is 0.409 e. The molecule has 0 aliphatic heterocycles. The molecule has 1 aliphatic rings. The summed E-state index contributed by atoms with van der Waals surface area (Å²) in [6, 6.07) is 3.31. The van der Waals surface area contributed by atoms with Crippen LogP contribution >= 0.6 is 23.2 Å². The molecule has 6 heteroatoms. The Labute approximate surface area is 183 Å². The van der Waals surface area contributed by atoms with Crippen LogP contribution in [0.5, 0.6) is 0 Å². The molecule has 1 saturated carbocycles. The Bertz CT molecular complexity index is 597. The van der Waals surface area contributed by atoms with Gasteiger partial charge in [-0.1, -0.05) is 64.7 Å². The highest BCUT2D eigenvalue weighted by Gasteiger charge is 2.37. The van der Waals surface area contributed by atoms with Crippen molar-refractivity contribution in [2.24, 2.45) is 17.3 Å². The van der Waals surface area contributed by atoms with Crippen LogP contribution in [0.2, 0.25) is 28.2 Å². The van der Waals surface area contributed by atoms with Crippen molar-refractivity contribution >= 4 is 31.5 Å². The molecule has 1 unspecified atom stereocenters. The molecule has 1 aromatic heterocycles. The van der Waals surface area contributed by atoms with Gasteiger partial charge in [0.15, 0.2) is 8.32 Å². The summed E-state index contributed by atoms with van der Waals surface area (Å²) in [4.78, 5) is 4.12. The zero-order valence-electron chi connectivity index (χ0n) is 18.4. The van der Waals surface area contributed by atoms with Gasteiger partial charge in [0.2, 0.25) is 0 Å². The molecule has 0 bridgehead atoms. The van der Waals surface area contributed by atoms with E-state index < -0.39 is 8.32 Å². The van der Waals surface area contributed by atoms with Gasteiger partial charge in [0.05, 0.1) is 16.1 Å². The van der Waals surface area contributed by atoms with Crippen LogP contribution in [-0.2, 0) is 4.43 Å². The van der Waals surface area contributed by atoms with E-state index in [4.69, 9.17) is 27.6 Å². The number of hydrogen-bond donors (Lipinski definition) is 1. The second-order valence-corrected chi connectivity index (χ2v) is 15.0. The molecule has 1 aromatic rings. The van der Waals surface area contributed by atoms with Gasteiger partial charge in [0.25, 0.3) is 0 Å². The first kappa shape index (κ1) is 24.1. The van der Waals surface area contributed by atoms with E-state index in [0.717, 1.165) is 48.6 Å². The average Bonchev–Trinajstić information content (AvgIpc) is 2.59. The first-order valence-electron chi connectivity index (χ1n) is 10.8. The molecule has 160 valence electrons. The summed E-state index contributed by atoms with van der Waals surface area (Å²) < 4.78 is 6.82. The van der Waals surface area contributed by atoms with E-state index in [9.17, 15) is 0 Å². The van der Waals surface area contributed by atoms with E-state index in [2.05, 4.69) is 51.8 Å². The highest BCUT2D eigenvalue weighted by molar-refractivity contribution is 6.73. The maximum absolute atomic E-state index is 6.82. The monoisotopic (exact) mass is 444 g/mol. The van der Waals surface area contributed by atoms with Crippen LogP contribution in [0.25, 0.3) is 0 Å². The van der Waals surface area contributed by atoms with E-state index in [1.165, 1.54) is 12.8 Å². The second kappa shape index (κ2) is 10.3. The van der Waals surface area contributed by atoms with Crippen LogP contribution in [0, 0.1) is 17.3 Å². The molecule has 3 nitrogen and oxygen atoms in total. The first-order valence-corrected chi connectivity index (χ1v) is 14.1. The predicted octanol–water partition coefficient (Wildman–Crippen LogP) is 7.11. The Hall–Kier alpha value is -0.133. The van der Waals surface area contributed by atoms with Gasteiger partial charge in [-0.3, -0.25) is 4.98 Å². The summed E-state index contributed by atoms with van der Waals surface area (Å²) in [6.07, 6.45) is 5.86. The van der Waals surface area contributed by atoms with Crippen LogP contribution in [0.1, 0.15) is 66.1 Å². The molecule has 2 rings (SSSR count). The Morgan fingerprint density at radius 1 is 1.11 bits per heavy atom. The van der Waals surface area contributed by atoms with Crippen molar-refractivity contribution in [3.63, 3.8) is 0 Å². The first-order chi connectivity index (χ1) is 13.2. The second-order valence-electron chi connectivity index (χ2n) is 9.43. The Kier molecular flexibility index (Phi) is 8.84. The fraction of sp³-hybridized carbons (Fsp3) is 0.773. The lowest BCUT2D eigenvalue weighted by molar-refractivity contribution is 0.0731. The third-order valence-electron chi connectivity index (χ3n) is 6.76. The number of nitrogens with zero attached hydrogens (tertiary/aromatic N) is 1. The van der Waals surface area contributed by atoms with Crippen molar-refractivity contribution < 1.29 is 4.43 Å². The Morgan fingerprint density at radius 3 is 2.11 bits per heavy atom. The van der Waals surface area contributed by atoms with Gasteiger partial charge in [-0.25, -0.2) is 0 Å². The molecule has 0 spiro atoms. The van der Waals surface area contributed by atoms with Gasteiger partial charge in [0, 0.05) is 24.5 Å². The summed E-state index contributed by atoms with van der Waals surface area (Å²) in [5.41, 5.74) is 1.31. The highest BCUT2D eigenvalue weighted by atomic mass is 35.5. The van der Waals surface area contributed by atoms with Crippen LogP contribution in [0.3, 0.4) is 0 Å². The summed E-state index contributed by atoms with van der Waals surface area (Å²) >= 11 is 13.0. The number of halogens is 2. The fourth-order valence-electron chi connectivity index (χ4n) is 4.26. The van der Waals surface area contributed by atoms with E-state index in [0.29, 0.717) is 15.5 Å². The lowest BCUT2D eigenvalue weighted by atomic mass is 9.63. The van der Waals surface area contributed by atoms with Crippen molar-refractivity contribution in [2.75, 3.05) is 13.1 Å². The lowest BCUT2D eigenvalue weighted by Gasteiger charge is -2.44. The Balaban J connectivity index is 2.05. The number of rotatable bonds is 10. The van der Waals surface area contributed by atoms with Gasteiger partial charge >= 0.3 is 0 Å². The molecular formula is C22H38Cl2N2OSi. The molecule has 1 N–H and O–H groups in total. The van der Waals surface area contributed by atoms with E-state index in [1.807, 2.05) is 0 Å². The van der Waals surface area contributed by atoms with Gasteiger partial charge in [-0.15, -0.1) is 0 Å². The van der Waals surface area contributed by atoms with Crippen molar-refractivity contribution in [2.45, 2.75) is 78.6 Å². The normalized spacial score (nSPS) is 21.4. The van der Waals surface area contributed by atoms with E-state index in [-0.39, 0.29) is 6.10 Å². The highest BCUT2D eigenvalue weighted by Crippen LogP contribution is 2.45. The van der Waals surface area contributed by atoms with Gasteiger partial charge in [-0.05, 0) is 54.8 Å². The summed E-state index contributed by atoms with van der Waals surface area (Å²) in [7, 11) is -1.79. The zero-order valence-corrected chi connectivity index (χ0v) is 21.0. The smallest absolute Gasteiger partial charge is 0.192 e. The van der Waals surface area contributed by atoms with Crippen LogP contribution in [0.15, 0.2) is 12.4 Å². The molecule has 28 heavy (non-hydrogen) atoms. The van der Waals surface area contributed by atoms with Crippen LogP contribution in [0.4, 0.5) is 0 Å². The maximum atomic E-state index is 6.82. The van der Waals surface area contributed by atoms with Crippen LogP contribution < -0.4 is 5.32 Å². The zero-order chi connectivity index (χ0) is 20.9. The minimum atomic E-state index is -1.79. The predicted molar refractivity (Wildman–Crippen MR) is 124 cm³/mol. The summed E-state index contributed by atoms with van der Waals surface area (Å²) in [6.45, 7) is 15.6. The van der Waals surface area contributed by atoms with Crippen molar-refractivity contribution in [1.82, 2.24) is 10.3 Å². The molecule has 1 atom stereocenters. The van der Waals surface area contributed by atoms with Gasteiger partial charge < -0.3 is 9.74 Å². The third-order valence-corrected chi connectivity index (χ3v) is 12.0. The van der Waals surface area contributed by atoms with Gasteiger partial charge in [0.1, 0.15) is 0 Å². The molecule has 1 heterocycles. The average molecular weight is 446 g/mol. The molecule has 0 amide bonds. The number of pyridine rings is 1. The topological polar surface area (TPSA) is 34.1 Å². The quantitative estimate of drug-likeness (QED) is 0.390. The molecule has 0 radical (unpaired) electrons. The van der Waals surface area contributed by atoms with Crippen molar-refractivity contribution in [3.05, 3.63) is 28.0 Å². The SMILES string of the molecule is CC[Si](CC)(CC)OC(CNCC1CC(C(C)(C)C)C1)c1c(Cl)cncc1Cl. The minimum Gasteiger partial charge on any atom is -0.409 e. The molecule has 1 aliphatic carbocycles. The van der Waals surface area contributed by atoms with E-state index >= 15 is 0 Å². The number of aromatic nitrogens is 1.